The highest BCUT2D eigenvalue weighted by atomic mass is 35.5. The lowest BCUT2D eigenvalue weighted by Gasteiger charge is -2.31. The summed E-state index contributed by atoms with van der Waals surface area (Å²) in [5, 5.41) is 12.2. The average Bonchev–Trinajstić information content (AvgIpc) is 3.08. The van der Waals surface area contributed by atoms with Gasteiger partial charge in [0, 0.05) is 30.6 Å². The van der Waals surface area contributed by atoms with Crippen LogP contribution in [0.15, 0.2) is 87.0 Å². The molecule has 0 aliphatic carbocycles. The van der Waals surface area contributed by atoms with E-state index in [-0.39, 0.29) is 17.4 Å². The summed E-state index contributed by atoms with van der Waals surface area (Å²) in [6.45, 7) is 1.75. The molecule has 1 unspecified atom stereocenters. The molecule has 0 radical (unpaired) electrons. The van der Waals surface area contributed by atoms with E-state index in [0.717, 1.165) is 16.9 Å². The molecule has 5 rings (SSSR count). The second kappa shape index (κ2) is 9.94. The van der Waals surface area contributed by atoms with Gasteiger partial charge in [-0.15, -0.1) is 0 Å². The van der Waals surface area contributed by atoms with E-state index in [4.69, 9.17) is 25.7 Å². The molecular weight excluding hydrogens is 464 g/mol. The highest BCUT2D eigenvalue weighted by Crippen LogP contribution is 2.34. The van der Waals surface area contributed by atoms with E-state index in [1.807, 2.05) is 48.5 Å². The molecule has 1 N–H and O–H groups in total. The third kappa shape index (κ3) is 4.67. The van der Waals surface area contributed by atoms with E-state index < -0.39 is 5.63 Å². The smallest absolute Gasteiger partial charge is 0.349 e. The number of rotatable bonds is 5. The molecule has 35 heavy (non-hydrogen) atoms. The number of hydrogen-bond donors (Lipinski definition) is 1. The van der Waals surface area contributed by atoms with Crippen molar-refractivity contribution in [2.45, 2.75) is 19.0 Å². The third-order valence-electron chi connectivity index (χ3n) is 6.42. The van der Waals surface area contributed by atoms with Gasteiger partial charge in [-0.05, 0) is 41.5 Å². The van der Waals surface area contributed by atoms with Crippen molar-refractivity contribution in [1.29, 1.82) is 0 Å². The van der Waals surface area contributed by atoms with Crippen LogP contribution in [0.4, 0.5) is 0 Å². The quantitative estimate of drug-likeness (QED) is 0.370. The number of methoxy groups -OCH3 is 1. The van der Waals surface area contributed by atoms with Gasteiger partial charge in [0.25, 0.3) is 0 Å². The van der Waals surface area contributed by atoms with Crippen LogP contribution >= 0.6 is 11.6 Å². The molecule has 4 aromatic rings. The second-order valence-electron chi connectivity index (χ2n) is 8.49. The molecule has 0 saturated carbocycles. The summed E-state index contributed by atoms with van der Waals surface area (Å²) in [5.74, 6) is 0.672. The van der Waals surface area contributed by atoms with Gasteiger partial charge in [0.2, 0.25) is 0 Å². The van der Waals surface area contributed by atoms with Gasteiger partial charge < -0.3 is 14.3 Å². The standard InChI is InChI=1S/C28H25ClN2O4/c1-34-20-12-10-18(11-13-20)24-16-23(26-27(32)21-7-3-5-9-25(21)35-28(26)33)30-14-15-31(24)17-19-6-2-4-8-22(19)29/h2-13,24,32H,14-17H2,1H3. The molecule has 0 bridgehead atoms. The molecular formula is C28H25ClN2O4. The van der Waals surface area contributed by atoms with Gasteiger partial charge in [-0.25, -0.2) is 4.79 Å². The Labute approximate surface area is 208 Å². The van der Waals surface area contributed by atoms with Gasteiger partial charge in [-0.1, -0.05) is 54.1 Å². The van der Waals surface area contributed by atoms with Crippen molar-refractivity contribution in [3.05, 3.63) is 105 Å². The minimum absolute atomic E-state index is 0.0939. The van der Waals surface area contributed by atoms with E-state index >= 15 is 0 Å². The van der Waals surface area contributed by atoms with E-state index in [2.05, 4.69) is 4.90 Å². The monoisotopic (exact) mass is 488 g/mol. The molecule has 3 aromatic carbocycles. The maximum Gasteiger partial charge on any atom is 0.349 e. The molecule has 7 heteroatoms. The Kier molecular flexibility index (Phi) is 6.57. The maximum atomic E-state index is 13.0. The first kappa shape index (κ1) is 23.1. The van der Waals surface area contributed by atoms with E-state index in [1.54, 1.807) is 31.4 Å². The lowest BCUT2D eigenvalue weighted by atomic mass is 9.95. The van der Waals surface area contributed by atoms with Crippen LogP contribution in [0.2, 0.25) is 5.02 Å². The van der Waals surface area contributed by atoms with Crippen LogP contribution in [-0.2, 0) is 6.54 Å². The summed E-state index contributed by atoms with van der Waals surface area (Å²) in [6.07, 6.45) is 0.424. The Hall–Kier alpha value is -3.61. The summed E-state index contributed by atoms with van der Waals surface area (Å²) in [7, 11) is 1.64. The van der Waals surface area contributed by atoms with Crippen molar-refractivity contribution in [3.8, 4) is 11.5 Å². The largest absolute Gasteiger partial charge is 0.506 e. The van der Waals surface area contributed by atoms with Gasteiger partial charge >= 0.3 is 5.63 Å². The predicted octanol–water partition coefficient (Wildman–Crippen LogP) is 5.60. The molecule has 0 fully saturated rings. The van der Waals surface area contributed by atoms with Crippen LogP contribution in [0.1, 0.15) is 29.2 Å². The van der Waals surface area contributed by atoms with Crippen molar-refractivity contribution in [2.24, 2.45) is 4.99 Å². The number of aromatic hydroxyl groups is 1. The predicted molar refractivity (Wildman–Crippen MR) is 138 cm³/mol. The number of benzene rings is 3. The fourth-order valence-electron chi connectivity index (χ4n) is 4.60. The average molecular weight is 489 g/mol. The second-order valence-corrected chi connectivity index (χ2v) is 8.90. The number of ether oxygens (including phenoxy) is 1. The normalized spacial score (nSPS) is 16.6. The first-order valence-electron chi connectivity index (χ1n) is 11.4. The Morgan fingerprint density at radius 1 is 1.09 bits per heavy atom. The van der Waals surface area contributed by atoms with Crippen LogP contribution < -0.4 is 10.4 Å². The van der Waals surface area contributed by atoms with Crippen molar-refractivity contribution in [2.75, 3.05) is 20.2 Å². The van der Waals surface area contributed by atoms with Crippen LogP contribution in [0.25, 0.3) is 11.0 Å². The maximum absolute atomic E-state index is 13.0. The molecule has 6 nitrogen and oxygen atoms in total. The van der Waals surface area contributed by atoms with Gasteiger partial charge in [0.05, 0.1) is 24.8 Å². The highest BCUT2D eigenvalue weighted by Gasteiger charge is 2.29. The zero-order valence-electron chi connectivity index (χ0n) is 19.3. The number of aliphatic imine (C=N–C) groups is 1. The number of nitrogens with zero attached hydrogens (tertiary/aromatic N) is 2. The summed E-state index contributed by atoms with van der Waals surface area (Å²) in [6, 6.07) is 22.5. The lowest BCUT2D eigenvalue weighted by molar-refractivity contribution is 0.203. The third-order valence-corrected chi connectivity index (χ3v) is 6.79. The van der Waals surface area contributed by atoms with E-state index in [0.29, 0.717) is 47.8 Å². The number of halogens is 1. The Morgan fingerprint density at radius 2 is 1.83 bits per heavy atom. The molecule has 0 spiro atoms. The molecule has 1 aliphatic heterocycles. The number of hydrogen-bond acceptors (Lipinski definition) is 6. The first-order valence-corrected chi connectivity index (χ1v) is 11.8. The minimum Gasteiger partial charge on any atom is -0.506 e. The molecule has 178 valence electrons. The zero-order chi connectivity index (χ0) is 24.4. The number of para-hydroxylation sites is 1. The minimum atomic E-state index is -0.590. The van der Waals surface area contributed by atoms with Crippen molar-refractivity contribution < 1.29 is 14.3 Å². The Morgan fingerprint density at radius 3 is 2.60 bits per heavy atom. The van der Waals surface area contributed by atoms with Crippen LogP contribution in [-0.4, -0.2) is 35.9 Å². The van der Waals surface area contributed by atoms with Gasteiger partial charge in [0.15, 0.2) is 0 Å². The molecule has 0 amide bonds. The van der Waals surface area contributed by atoms with Gasteiger partial charge in [0.1, 0.15) is 22.6 Å². The molecule has 1 aromatic heterocycles. The summed E-state index contributed by atoms with van der Waals surface area (Å²) >= 11 is 6.48. The van der Waals surface area contributed by atoms with Gasteiger partial charge in [-0.3, -0.25) is 9.89 Å². The summed E-state index contributed by atoms with van der Waals surface area (Å²) in [4.78, 5) is 20.0. The SMILES string of the molecule is COc1ccc(C2CC(c3c(O)c4ccccc4oc3=O)=NCCN2Cc2ccccc2Cl)cc1. The van der Waals surface area contributed by atoms with E-state index in [1.165, 1.54) is 0 Å². The van der Waals surface area contributed by atoms with Crippen molar-refractivity contribution >= 4 is 28.3 Å². The van der Waals surface area contributed by atoms with Crippen LogP contribution in [0.5, 0.6) is 11.5 Å². The zero-order valence-corrected chi connectivity index (χ0v) is 20.0. The van der Waals surface area contributed by atoms with Crippen LogP contribution in [0.3, 0.4) is 0 Å². The lowest BCUT2D eigenvalue weighted by Crippen LogP contribution is -2.31. The Bertz CT molecular complexity index is 1450. The highest BCUT2D eigenvalue weighted by molar-refractivity contribution is 6.31. The first-order chi connectivity index (χ1) is 17.0. The van der Waals surface area contributed by atoms with Gasteiger partial charge in [-0.2, -0.15) is 0 Å². The fraction of sp³-hybridized carbons (Fsp3) is 0.214. The van der Waals surface area contributed by atoms with Crippen LogP contribution in [0, 0.1) is 0 Å². The summed E-state index contributed by atoms with van der Waals surface area (Å²) in [5.41, 5.74) is 2.49. The molecule has 1 atom stereocenters. The van der Waals surface area contributed by atoms with Crippen molar-refractivity contribution in [1.82, 2.24) is 4.90 Å². The molecule has 0 saturated heterocycles. The molecule has 1 aliphatic rings. The van der Waals surface area contributed by atoms with Crippen molar-refractivity contribution in [3.63, 3.8) is 0 Å². The van der Waals surface area contributed by atoms with E-state index in [9.17, 15) is 9.90 Å². The Balaban J connectivity index is 1.56. The fourth-order valence-corrected chi connectivity index (χ4v) is 4.80. The summed E-state index contributed by atoms with van der Waals surface area (Å²) < 4.78 is 10.9. The number of fused-ring (bicyclic) bond motifs is 1. The molecule has 2 heterocycles. The topological polar surface area (TPSA) is 75.3 Å².